The molecule has 1 amide bonds. The van der Waals surface area contributed by atoms with Crippen LogP contribution in [0.15, 0.2) is 57.9 Å². The number of thioether (sulfide) groups is 1. The van der Waals surface area contributed by atoms with Crippen molar-refractivity contribution in [2.24, 2.45) is 0 Å². The predicted octanol–water partition coefficient (Wildman–Crippen LogP) is 4.88. The van der Waals surface area contributed by atoms with Crippen LogP contribution < -0.4 is 5.32 Å². The third-order valence-electron chi connectivity index (χ3n) is 2.83. The minimum atomic E-state index is -0.148. The lowest BCUT2D eigenvalue weighted by molar-refractivity contribution is -0.115. The van der Waals surface area contributed by atoms with Gasteiger partial charge in [-0.05, 0) is 54.0 Å². The lowest BCUT2D eigenvalue weighted by Gasteiger charge is -2.13. The zero-order chi connectivity index (χ0) is 14.5. The lowest BCUT2D eigenvalue weighted by Crippen LogP contribution is -2.22. The van der Waals surface area contributed by atoms with E-state index in [9.17, 15) is 4.79 Å². The normalized spacial score (nSPS) is 11.9. The Labute approximate surface area is 132 Å². The molecular weight excluding hydrogens is 334 g/mol. The van der Waals surface area contributed by atoms with Crippen LogP contribution in [0.25, 0.3) is 0 Å². The van der Waals surface area contributed by atoms with Crippen LogP contribution in [-0.2, 0) is 4.79 Å². The van der Waals surface area contributed by atoms with E-state index in [-0.39, 0.29) is 11.2 Å². The maximum Gasteiger partial charge on any atom is 0.237 e. The Morgan fingerprint density at radius 2 is 1.80 bits per heavy atom. The fourth-order valence-electron chi connectivity index (χ4n) is 1.67. The second kappa shape index (κ2) is 6.95. The van der Waals surface area contributed by atoms with Crippen molar-refractivity contribution >= 4 is 39.3 Å². The fourth-order valence-corrected chi connectivity index (χ4v) is 2.92. The summed E-state index contributed by atoms with van der Waals surface area (Å²) in [6.07, 6.45) is 0. The Bertz CT molecular complexity index is 598. The summed E-state index contributed by atoms with van der Waals surface area (Å²) in [5, 5.41) is 2.79. The number of benzene rings is 2. The number of anilines is 1. The van der Waals surface area contributed by atoms with Gasteiger partial charge in [-0.3, -0.25) is 4.79 Å². The van der Waals surface area contributed by atoms with Crippen LogP contribution >= 0.6 is 27.7 Å². The van der Waals surface area contributed by atoms with Crippen LogP contribution in [-0.4, -0.2) is 11.2 Å². The number of carbonyl (C=O) groups is 1. The van der Waals surface area contributed by atoms with Gasteiger partial charge >= 0.3 is 0 Å². The molecule has 2 nitrogen and oxygen atoms in total. The van der Waals surface area contributed by atoms with E-state index in [0.717, 1.165) is 15.1 Å². The second-order valence-electron chi connectivity index (χ2n) is 4.54. The molecule has 0 aliphatic rings. The molecule has 0 fully saturated rings. The number of para-hydroxylation sites is 1. The molecule has 1 N–H and O–H groups in total. The summed E-state index contributed by atoms with van der Waals surface area (Å²) in [6.45, 7) is 3.97. The monoisotopic (exact) mass is 349 g/mol. The van der Waals surface area contributed by atoms with Gasteiger partial charge < -0.3 is 5.32 Å². The topological polar surface area (TPSA) is 29.1 Å². The molecule has 0 radical (unpaired) electrons. The van der Waals surface area contributed by atoms with Crippen molar-refractivity contribution in [3.05, 3.63) is 58.6 Å². The highest BCUT2D eigenvalue weighted by Gasteiger charge is 2.15. The third kappa shape index (κ3) is 4.12. The van der Waals surface area contributed by atoms with Crippen LogP contribution in [0.3, 0.4) is 0 Å². The van der Waals surface area contributed by atoms with E-state index in [2.05, 4.69) is 40.3 Å². The summed E-state index contributed by atoms with van der Waals surface area (Å²) in [7, 11) is 0. The molecule has 0 aliphatic heterocycles. The van der Waals surface area contributed by atoms with Gasteiger partial charge in [-0.1, -0.05) is 29.8 Å². The molecule has 0 bridgehead atoms. The minimum absolute atomic E-state index is 0.00229. The van der Waals surface area contributed by atoms with Crippen molar-refractivity contribution in [3.63, 3.8) is 0 Å². The van der Waals surface area contributed by atoms with Crippen LogP contribution in [0.4, 0.5) is 5.69 Å². The molecule has 0 heterocycles. The Kier molecular flexibility index (Phi) is 5.26. The SMILES string of the molecule is Cc1ccc(SC(C)C(=O)Nc2ccccc2Br)cc1. The molecule has 20 heavy (non-hydrogen) atoms. The van der Waals surface area contributed by atoms with E-state index in [4.69, 9.17) is 0 Å². The van der Waals surface area contributed by atoms with Gasteiger partial charge in [0.05, 0.1) is 10.9 Å². The molecular formula is C16H16BrNOS. The number of carbonyl (C=O) groups excluding carboxylic acids is 1. The highest BCUT2D eigenvalue weighted by molar-refractivity contribution is 9.10. The molecule has 0 aliphatic carbocycles. The Morgan fingerprint density at radius 1 is 1.15 bits per heavy atom. The van der Waals surface area contributed by atoms with Gasteiger partial charge in [-0.2, -0.15) is 0 Å². The molecule has 104 valence electrons. The van der Waals surface area contributed by atoms with Crippen LogP contribution in [0, 0.1) is 6.92 Å². The Hall–Kier alpha value is -1.26. The van der Waals surface area contributed by atoms with E-state index >= 15 is 0 Å². The number of hydrogen-bond acceptors (Lipinski definition) is 2. The van der Waals surface area contributed by atoms with Gasteiger partial charge in [0.15, 0.2) is 0 Å². The standard InChI is InChI=1S/C16H16BrNOS/c1-11-7-9-13(10-8-11)20-12(2)16(19)18-15-6-4-3-5-14(15)17/h3-10,12H,1-2H3,(H,18,19). The van der Waals surface area contributed by atoms with Crippen molar-refractivity contribution in [2.45, 2.75) is 24.0 Å². The Morgan fingerprint density at radius 3 is 2.45 bits per heavy atom. The summed E-state index contributed by atoms with van der Waals surface area (Å²) >= 11 is 4.99. The van der Waals surface area contributed by atoms with Crippen molar-refractivity contribution in [3.8, 4) is 0 Å². The molecule has 2 rings (SSSR count). The van der Waals surface area contributed by atoms with E-state index in [0.29, 0.717) is 0 Å². The molecule has 2 aromatic carbocycles. The number of nitrogens with one attached hydrogen (secondary N) is 1. The first kappa shape index (κ1) is 15.1. The molecule has 2 aromatic rings. The molecule has 0 aromatic heterocycles. The smallest absolute Gasteiger partial charge is 0.237 e. The van der Waals surface area contributed by atoms with Gasteiger partial charge in [0.2, 0.25) is 5.91 Å². The average Bonchev–Trinajstić information content (AvgIpc) is 2.44. The highest BCUT2D eigenvalue weighted by Crippen LogP contribution is 2.26. The fraction of sp³-hybridized carbons (Fsp3) is 0.188. The maximum absolute atomic E-state index is 12.2. The van der Waals surface area contributed by atoms with Gasteiger partial charge in [-0.15, -0.1) is 11.8 Å². The minimum Gasteiger partial charge on any atom is -0.324 e. The quantitative estimate of drug-likeness (QED) is 0.797. The van der Waals surface area contributed by atoms with Gasteiger partial charge in [-0.25, -0.2) is 0 Å². The van der Waals surface area contributed by atoms with Crippen LogP contribution in [0.5, 0.6) is 0 Å². The van der Waals surface area contributed by atoms with E-state index in [1.807, 2.05) is 43.3 Å². The Balaban J connectivity index is 1.99. The molecule has 0 saturated carbocycles. The maximum atomic E-state index is 12.2. The molecule has 1 unspecified atom stereocenters. The molecule has 0 spiro atoms. The van der Waals surface area contributed by atoms with Crippen molar-refractivity contribution in [2.75, 3.05) is 5.32 Å². The highest BCUT2D eigenvalue weighted by atomic mass is 79.9. The van der Waals surface area contributed by atoms with E-state index in [1.165, 1.54) is 5.56 Å². The number of rotatable bonds is 4. The zero-order valence-electron chi connectivity index (χ0n) is 11.4. The number of aryl methyl sites for hydroxylation is 1. The lowest BCUT2D eigenvalue weighted by atomic mass is 10.2. The average molecular weight is 350 g/mol. The summed E-state index contributed by atoms with van der Waals surface area (Å²) < 4.78 is 0.890. The van der Waals surface area contributed by atoms with Crippen molar-refractivity contribution in [1.29, 1.82) is 0 Å². The largest absolute Gasteiger partial charge is 0.324 e. The third-order valence-corrected chi connectivity index (χ3v) is 4.64. The molecule has 0 saturated heterocycles. The first-order valence-electron chi connectivity index (χ1n) is 6.35. The van der Waals surface area contributed by atoms with E-state index < -0.39 is 0 Å². The number of amides is 1. The van der Waals surface area contributed by atoms with Crippen molar-refractivity contribution in [1.82, 2.24) is 0 Å². The van der Waals surface area contributed by atoms with Gasteiger partial charge in [0.1, 0.15) is 0 Å². The summed E-state index contributed by atoms with van der Waals surface area (Å²) in [5.41, 5.74) is 2.02. The summed E-state index contributed by atoms with van der Waals surface area (Å²) in [4.78, 5) is 13.3. The summed E-state index contributed by atoms with van der Waals surface area (Å²) in [6, 6.07) is 15.8. The van der Waals surface area contributed by atoms with E-state index in [1.54, 1.807) is 11.8 Å². The number of hydrogen-bond donors (Lipinski definition) is 1. The predicted molar refractivity (Wildman–Crippen MR) is 89.3 cm³/mol. The van der Waals surface area contributed by atoms with Crippen molar-refractivity contribution < 1.29 is 4.79 Å². The first-order chi connectivity index (χ1) is 9.56. The first-order valence-corrected chi connectivity index (χ1v) is 8.02. The molecule has 1 atom stereocenters. The van der Waals surface area contributed by atoms with Gasteiger partial charge in [0, 0.05) is 9.37 Å². The van der Waals surface area contributed by atoms with Crippen LogP contribution in [0.2, 0.25) is 0 Å². The second-order valence-corrected chi connectivity index (χ2v) is 6.81. The van der Waals surface area contributed by atoms with Gasteiger partial charge in [0.25, 0.3) is 0 Å². The summed E-state index contributed by atoms with van der Waals surface area (Å²) in [5.74, 6) is 0.00229. The zero-order valence-corrected chi connectivity index (χ0v) is 13.8. The number of halogens is 1. The van der Waals surface area contributed by atoms with Crippen LogP contribution in [0.1, 0.15) is 12.5 Å². The molecule has 4 heteroatoms.